The van der Waals surface area contributed by atoms with E-state index in [2.05, 4.69) is 163 Å². The van der Waals surface area contributed by atoms with Gasteiger partial charge in [-0.2, -0.15) is 0 Å². The molecule has 0 aliphatic heterocycles. The lowest BCUT2D eigenvalue weighted by molar-refractivity contribution is 0.125. The van der Waals surface area contributed by atoms with Gasteiger partial charge in [-0.15, -0.1) is 0 Å². The van der Waals surface area contributed by atoms with Crippen molar-refractivity contribution in [1.82, 2.24) is 9.97 Å². The van der Waals surface area contributed by atoms with Crippen molar-refractivity contribution in [1.29, 1.82) is 0 Å². The van der Waals surface area contributed by atoms with Crippen LogP contribution in [0.15, 0.2) is 121 Å². The molecule has 0 unspecified atom stereocenters. The minimum atomic E-state index is -0.0414. The zero-order chi connectivity index (χ0) is 34.5. The van der Waals surface area contributed by atoms with Crippen molar-refractivity contribution in [3.05, 3.63) is 144 Å². The molecule has 0 atom stereocenters. The Morgan fingerprint density at radius 2 is 0.960 bits per heavy atom. The molecule has 50 heavy (non-hydrogen) atoms. The first-order valence-electron chi connectivity index (χ1n) is 18.5. The highest BCUT2D eigenvalue weighted by Gasteiger charge is 2.57. The average Bonchev–Trinajstić information content (AvgIpc) is 3.77. The lowest BCUT2D eigenvalue weighted by atomic mass is 9.59. The standard InChI is InChI=1S/C48H46N2/c1-45(2)40-28-36(31-17-9-7-10-18-31)37(29-41(40)46(3,4)47(45,5)6)44-49-42(32-19-11-8-12-20-32)30-43(50-44)33-23-24-35-34-21-13-14-22-38(34)48(39(35)27-33)25-15-16-26-48/h7-14,17-24,27-30H,15-16,25-26H2,1-6H3. The monoisotopic (exact) mass is 650 g/mol. The molecule has 0 amide bonds. The first-order chi connectivity index (χ1) is 24.0. The van der Waals surface area contributed by atoms with E-state index in [4.69, 9.17) is 9.97 Å². The van der Waals surface area contributed by atoms with E-state index in [1.54, 1.807) is 0 Å². The van der Waals surface area contributed by atoms with Crippen LogP contribution in [-0.4, -0.2) is 9.97 Å². The minimum Gasteiger partial charge on any atom is -0.228 e. The predicted molar refractivity (Wildman–Crippen MR) is 208 cm³/mol. The van der Waals surface area contributed by atoms with Crippen molar-refractivity contribution in [3.8, 4) is 56.2 Å². The SMILES string of the molecule is CC1(C)c2cc(-c3ccccc3)c(-c3nc(-c4ccccc4)cc(-c4ccc5c(c4)C4(CCCC4)c4ccccc4-5)n3)cc2C(C)(C)C1(C)C. The van der Waals surface area contributed by atoms with Gasteiger partial charge < -0.3 is 0 Å². The fraction of sp³-hybridized carbons (Fsp3) is 0.292. The second-order valence-electron chi connectivity index (χ2n) is 16.6. The Balaban J connectivity index is 1.29. The average molecular weight is 651 g/mol. The van der Waals surface area contributed by atoms with Crippen molar-refractivity contribution in [2.45, 2.75) is 83.5 Å². The molecule has 0 N–H and O–H groups in total. The molecule has 5 aromatic carbocycles. The van der Waals surface area contributed by atoms with E-state index < -0.39 is 0 Å². The zero-order valence-corrected chi connectivity index (χ0v) is 30.3. The molecule has 1 saturated carbocycles. The fourth-order valence-corrected chi connectivity index (χ4v) is 9.73. The van der Waals surface area contributed by atoms with Crippen LogP contribution in [0.25, 0.3) is 56.2 Å². The quantitative estimate of drug-likeness (QED) is 0.190. The number of aromatic nitrogens is 2. The smallest absolute Gasteiger partial charge is 0.161 e. The highest BCUT2D eigenvalue weighted by Crippen LogP contribution is 2.63. The van der Waals surface area contributed by atoms with E-state index >= 15 is 0 Å². The summed E-state index contributed by atoms with van der Waals surface area (Å²) in [5, 5.41) is 0. The summed E-state index contributed by atoms with van der Waals surface area (Å²) in [5.41, 5.74) is 16.4. The van der Waals surface area contributed by atoms with Crippen molar-refractivity contribution in [2.24, 2.45) is 5.41 Å². The first kappa shape index (κ1) is 31.2. The molecular formula is C48H46N2. The van der Waals surface area contributed by atoms with Crippen LogP contribution in [0.4, 0.5) is 0 Å². The third-order valence-electron chi connectivity index (χ3n) is 13.8. The van der Waals surface area contributed by atoms with Gasteiger partial charge in [-0.1, -0.05) is 151 Å². The van der Waals surface area contributed by atoms with Crippen LogP contribution >= 0.6 is 0 Å². The van der Waals surface area contributed by atoms with Gasteiger partial charge in [0.1, 0.15) is 0 Å². The third kappa shape index (κ3) is 4.27. The van der Waals surface area contributed by atoms with Crippen LogP contribution in [0.2, 0.25) is 0 Å². The maximum Gasteiger partial charge on any atom is 0.161 e. The first-order valence-corrected chi connectivity index (χ1v) is 18.5. The lowest BCUT2D eigenvalue weighted by Crippen LogP contribution is -2.42. The topological polar surface area (TPSA) is 25.8 Å². The largest absolute Gasteiger partial charge is 0.228 e. The van der Waals surface area contributed by atoms with Gasteiger partial charge in [0.25, 0.3) is 0 Å². The second kappa shape index (κ2) is 10.8. The normalized spacial score (nSPS) is 18.5. The van der Waals surface area contributed by atoms with Crippen LogP contribution in [0.5, 0.6) is 0 Å². The Morgan fingerprint density at radius 1 is 0.420 bits per heavy atom. The Bertz CT molecular complexity index is 2290. The molecule has 248 valence electrons. The van der Waals surface area contributed by atoms with Crippen molar-refractivity contribution in [3.63, 3.8) is 0 Å². The molecule has 1 aromatic heterocycles. The van der Waals surface area contributed by atoms with Crippen LogP contribution in [-0.2, 0) is 16.2 Å². The highest BCUT2D eigenvalue weighted by molar-refractivity contribution is 5.87. The lowest BCUT2D eigenvalue weighted by Gasteiger charge is -2.44. The maximum atomic E-state index is 5.51. The van der Waals surface area contributed by atoms with Gasteiger partial charge >= 0.3 is 0 Å². The Morgan fingerprint density at radius 3 is 1.62 bits per heavy atom. The summed E-state index contributed by atoms with van der Waals surface area (Å²) in [6.07, 6.45) is 4.97. The van der Waals surface area contributed by atoms with E-state index in [-0.39, 0.29) is 21.7 Å². The summed E-state index contributed by atoms with van der Waals surface area (Å²) >= 11 is 0. The number of hydrogen-bond acceptors (Lipinski definition) is 2. The number of benzene rings is 5. The fourth-order valence-electron chi connectivity index (χ4n) is 9.73. The molecule has 2 nitrogen and oxygen atoms in total. The second-order valence-corrected chi connectivity index (χ2v) is 16.6. The van der Waals surface area contributed by atoms with E-state index in [1.165, 1.54) is 70.2 Å². The van der Waals surface area contributed by atoms with Crippen LogP contribution < -0.4 is 0 Å². The molecule has 6 aromatic rings. The molecule has 2 heteroatoms. The summed E-state index contributed by atoms with van der Waals surface area (Å²) in [7, 11) is 0. The van der Waals surface area contributed by atoms with E-state index in [0.717, 1.165) is 33.9 Å². The molecule has 1 fully saturated rings. The third-order valence-corrected chi connectivity index (χ3v) is 13.8. The predicted octanol–water partition coefficient (Wildman–Crippen LogP) is 12.6. The number of hydrogen-bond donors (Lipinski definition) is 0. The highest BCUT2D eigenvalue weighted by atomic mass is 14.9. The molecule has 0 saturated heterocycles. The van der Waals surface area contributed by atoms with Gasteiger partial charge in [-0.25, -0.2) is 9.97 Å². The van der Waals surface area contributed by atoms with Crippen molar-refractivity contribution >= 4 is 0 Å². The molecule has 3 aliphatic rings. The number of rotatable bonds is 4. The summed E-state index contributed by atoms with van der Waals surface area (Å²) < 4.78 is 0. The summed E-state index contributed by atoms with van der Waals surface area (Å²) in [6.45, 7) is 14.5. The minimum absolute atomic E-state index is 0.00993. The Hall–Kier alpha value is -4.82. The molecule has 9 rings (SSSR count). The van der Waals surface area contributed by atoms with Gasteiger partial charge in [0.2, 0.25) is 0 Å². The van der Waals surface area contributed by atoms with Gasteiger partial charge in [0.15, 0.2) is 5.82 Å². The van der Waals surface area contributed by atoms with Crippen LogP contribution in [0.3, 0.4) is 0 Å². The van der Waals surface area contributed by atoms with Crippen LogP contribution in [0, 0.1) is 5.41 Å². The molecule has 0 bridgehead atoms. The summed E-state index contributed by atoms with van der Waals surface area (Å²) in [4.78, 5) is 10.9. The Kier molecular flexibility index (Phi) is 6.76. The van der Waals surface area contributed by atoms with E-state index in [9.17, 15) is 0 Å². The zero-order valence-electron chi connectivity index (χ0n) is 30.3. The molecule has 3 aliphatic carbocycles. The maximum absolute atomic E-state index is 5.51. The van der Waals surface area contributed by atoms with Gasteiger partial charge in [-0.3, -0.25) is 0 Å². The molecule has 0 radical (unpaired) electrons. The number of fused-ring (bicyclic) bond motifs is 6. The van der Waals surface area contributed by atoms with Gasteiger partial charge in [0, 0.05) is 22.1 Å². The van der Waals surface area contributed by atoms with E-state index in [0.29, 0.717) is 0 Å². The van der Waals surface area contributed by atoms with E-state index in [1.807, 2.05) is 0 Å². The molecule has 1 heterocycles. The summed E-state index contributed by atoms with van der Waals surface area (Å²) in [6, 6.07) is 44.8. The number of nitrogens with zero attached hydrogens (tertiary/aromatic N) is 2. The van der Waals surface area contributed by atoms with Gasteiger partial charge in [0.05, 0.1) is 11.4 Å². The van der Waals surface area contributed by atoms with Crippen molar-refractivity contribution < 1.29 is 0 Å². The Labute approximate surface area is 297 Å². The van der Waals surface area contributed by atoms with Crippen molar-refractivity contribution in [2.75, 3.05) is 0 Å². The molecular weight excluding hydrogens is 605 g/mol. The van der Waals surface area contributed by atoms with Gasteiger partial charge in [-0.05, 0) is 97.9 Å². The van der Waals surface area contributed by atoms with Crippen LogP contribution in [0.1, 0.15) is 89.5 Å². The summed E-state index contributed by atoms with van der Waals surface area (Å²) in [5.74, 6) is 0.778. The molecule has 1 spiro atoms.